The Morgan fingerprint density at radius 2 is 1.75 bits per heavy atom. The number of esters is 1. The van der Waals surface area contributed by atoms with Gasteiger partial charge in [-0.25, -0.2) is 0 Å². The number of carbonyl (C=O) groups excluding carboxylic acids is 2. The van der Waals surface area contributed by atoms with Crippen LogP contribution >= 0.6 is 0 Å². The van der Waals surface area contributed by atoms with E-state index >= 15 is 0 Å². The molecular weight excluding hydrogens is 306 g/mol. The molecule has 2 rings (SSSR count). The topological polar surface area (TPSA) is 64.6 Å². The number of benzene rings is 2. The van der Waals surface area contributed by atoms with E-state index in [4.69, 9.17) is 9.47 Å². The fraction of sp³-hybridized carbons (Fsp3) is 0.263. The summed E-state index contributed by atoms with van der Waals surface area (Å²) in [4.78, 5) is 22.9. The molecule has 126 valence electrons. The van der Waals surface area contributed by atoms with Crippen molar-refractivity contribution in [1.82, 2.24) is 0 Å². The first kappa shape index (κ1) is 17.5. The smallest absolute Gasteiger partial charge is 0.308 e. The third-order valence-corrected chi connectivity index (χ3v) is 3.30. The van der Waals surface area contributed by atoms with Crippen LogP contribution in [0.25, 0.3) is 0 Å². The minimum Gasteiger partial charge on any atom is -0.484 e. The molecule has 0 unspecified atom stereocenters. The van der Waals surface area contributed by atoms with E-state index in [9.17, 15) is 9.59 Å². The zero-order chi connectivity index (χ0) is 17.5. The Balaban J connectivity index is 1.88. The normalized spacial score (nSPS) is 10.3. The first-order valence-corrected chi connectivity index (χ1v) is 7.75. The maximum atomic E-state index is 12.0. The van der Waals surface area contributed by atoms with Crippen LogP contribution in [0, 0.1) is 0 Å². The molecule has 5 nitrogen and oxygen atoms in total. The van der Waals surface area contributed by atoms with E-state index in [0.717, 1.165) is 0 Å². The molecule has 0 fully saturated rings. The third-order valence-electron chi connectivity index (χ3n) is 3.30. The van der Waals surface area contributed by atoms with Crippen LogP contribution in [-0.2, 0) is 9.59 Å². The Labute approximate surface area is 141 Å². The predicted molar refractivity (Wildman–Crippen MR) is 92.4 cm³/mol. The molecule has 0 saturated heterocycles. The van der Waals surface area contributed by atoms with Crippen LogP contribution < -0.4 is 14.8 Å². The van der Waals surface area contributed by atoms with Crippen molar-refractivity contribution < 1.29 is 19.1 Å². The Bertz CT molecular complexity index is 708. The fourth-order valence-corrected chi connectivity index (χ4v) is 2.10. The molecule has 0 heterocycles. The predicted octanol–water partition coefficient (Wildman–Crippen LogP) is 3.75. The second-order valence-electron chi connectivity index (χ2n) is 5.68. The molecule has 0 spiro atoms. The van der Waals surface area contributed by atoms with Crippen molar-refractivity contribution in [3.8, 4) is 11.5 Å². The molecule has 1 amide bonds. The lowest BCUT2D eigenvalue weighted by atomic mass is 10.0. The molecule has 2 aromatic rings. The van der Waals surface area contributed by atoms with Crippen LogP contribution in [0.15, 0.2) is 48.5 Å². The molecule has 0 radical (unpaired) electrons. The molecule has 0 aliphatic carbocycles. The average Bonchev–Trinajstić information content (AvgIpc) is 2.53. The van der Waals surface area contributed by atoms with E-state index in [1.54, 1.807) is 24.3 Å². The van der Waals surface area contributed by atoms with Crippen LogP contribution in [0.5, 0.6) is 11.5 Å². The number of rotatable bonds is 6. The lowest BCUT2D eigenvalue weighted by Crippen LogP contribution is -2.20. The van der Waals surface area contributed by atoms with Gasteiger partial charge in [0.05, 0.1) is 0 Å². The summed E-state index contributed by atoms with van der Waals surface area (Å²) in [6.45, 7) is 5.46. The van der Waals surface area contributed by atoms with Gasteiger partial charge in [-0.1, -0.05) is 32.0 Å². The molecule has 24 heavy (non-hydrogen) atoms. The maximum absolute atomic E-state index is 12.0. The summed E-state index contributed by atoms with van der Waals surface area (Å²) in [5.41, 5.74) is 1.76. The van der Waals surface area contributed by atoms with Crippen molar-refractivity contribution in [2.24, 2.45) is 0 Å². The van der Waals surface area contributed by atoms with Crippen molar-refractivity contribution in [1.29, 1.82) is 0 Å². The molecule has 5 heteroatoms. The van der Waals surface area contributed by atoms with Crippen molar-refractivity contribution in [3.63, 3.8) is 0 Å². The largest absolute Gasteiger partial charge is 0.484 e. The zero-order valence-corrected chi connectivity index (χ0v) is 14.0. The summed E-state index contributed by atoms with van der Waals surface area (Å²) in [5.74, 6) is 0.773. The van der Waals surface area contributed by atoms with Crippen molar-refractivity contribution >= 4 is 17.6 Å². The van der Waals surface area contributed by atoms with Gasteiger partial charge in [0.1, 0.15) is 11.5 Å². The highest BCUT2D eigenvalue weighted by atomic mass is 16.5. The van der Waals surface area contributed by atoms with E-state index in [1.165, 1.54) is 12.5 Å². The highest BCUT2D eigenvalue weighted by Gasteiger charge is 2.06. The molecular formula is C19H21NO4. The monoisotopic (exact) mass is 327 g/mol. The van der Waals surface area contributed by atoms with Gasteiger partial charge in [-0.05, 0) is 35.7 Å². The molecule has 1 N–H and O–H groups in total. The molecule has 0 aliphatic rings. The summed E-state index contributed by atoms with van der Waals surface area (Å²) >= 11 is 0. The van der Waals surface area contributed by atoms with Gasteiger partial charge >= 0.3 is 5.97 Å². The average molecular weight is 327 g/mol. The zero-order valence-electron chi connectivity index (χ0n) is 14.0. The fourth-order valence-electron chi connectivity index (χ4n) is 2.10. The van der Waals surface area contributed by atoms with Crippen molar-refractivity contribution in [2.75, 3.05) is 11.9 Å². The van der Waals surface area contributed by atoms with Gasteiger partial charge in [0, 0.05) is 18.7 Å². The number of anilines is 1. The third kappa shape index (κ3) is 5.43. The van der Waals surface area contributed by atoms with Crippen LogP contribution in [-0.4, -0.2) is 18.5 Å². The Kier molecular flexibility index (Phi) is 5.95. The Hall–Kier alpha value is -2.82. The molecule has 2 aromatic carbocycles. The quantitative estimate of drug-likeness (QED) is 0.648. The number of amides is 1. The van der Waals surface area contributed by atoms with Crippen molar-refractivity contribution in [2.45, 2.75) is 26.7 Å². The summed E-state index contributed by atoms with van der Waals surface area (Å²) in [6, 6.07) is 14.3. The van der Waals surface area contributed by atoms with E-state index in [1.807, 2.05) is 24.3 Å². The van der Waals surface area contributed by atoms with E-state index in [-0.39, 0.29) is 12.5 Å². The van der Waals surface area contributed by atoms with Crippen LogP contribution in [0.1, 0.15) is 32.3 Å². The molecule has 0 aliphatic heterocycles. The lowest BCUT2D eigenvalue weighted by molar-refractivity contribution is -0.131. The van der Waals surface area contributed by atoms with Gasteiger partial charge in [-0.15, -0.1) is 0 Å². The summed E-state index contributed by atoms with van der Waals surface area (Å²) in [6.07, 6.45) is 0. The highest BCUT2D eigenvalue weighted by Crippen LogP contribution is 2.19. The molecule has 0 saturated carbocycles. The second kappa shape index (κ2) is 8.15. The molecule has 0 bridgehead atoms. The molecule has 0 atom stereocenters. The SMILES string of the molecule is CC(=O)Oc1cccc(NC(=O)COc2ccc(C(C)C)cc2)c1. The number of hydrogen-bond acceptors (Lipinski definition) is 4. The summed E-state index contributed by atoms with van der Waals surface area (Å²) in [7, 11) is 0. The van der Waals surface area contributed by atoms with Gasteiger partial charge in [-0.3, -0.25) is 9.59 Å². The Morgan fingerprint density at radius 3 is 2.38 bits per heavy atom. The standard InChI is InChI=1S/C19H21NO4/c1-13(2)15-7-9-17(10-8-15)23-12-19(22)20-16-5-4-6-18(11-16)24-14(3)21/h4-11,13H,12H2,1-3H3,(H,20,22). The maximum Gasteiger partial charge on any atom is 0.308 e. The van der Waals surface area contributed by atoms with Gasteiger partial charge in [0.25, 0.3) is 5.91 Å². The summed E-state index contributed by atoms with van der Waals surface area (Å²) < 4.78 is 10.4. The van der Waals surface area contributed by atoms with Gasteiger partial charge in [0.2, 0.25) is 0 Å². The van der Waals surface area contributed by atoms with Crippen LogP contribution in [0.3, 0.4) is 0 Å². The minimum absolute atomic E-state index is 0.0984. The number of ether oxygens (including phenoxy) is 2. The minimum atomic E-state index is -0.411. The van der Waals surface area contributed by atoms with Gasteiger partial charge < -0.3 is 14.8 Å². The second-order valence-corrected chi connectivity index (χ2v) is 5.68. The van der Waals surface area contributed by atoms with Gasteiger partial charge in [0.15, 0.2) is 6.61 Å². The first-order chi connectivity index (χ1) is 11.4. The van der Waals surface area contributed by atoms with E-state index in [2.05, 4.69) is 19.2 Å². The lowest BCUT2D eigenvalue weighted by Gasteiger charge is -2.10. The van der Waals surface area contributed by atoms with Crippen molar-refractivity contribution in [3.05, 3.63) is 54.1 Å². The van der Waals surface area contributed by atoms with E-state index in [0.29, 0.717) is 23.1 Å². The van der Waals surface area contributed by atoms with Gasteiger partial charge in [-0.2, -0.15) is 0 Å². The highest BCUT2D eigenvalue weighted by molar-refractivity contribution is 5.92. The Morgan fingerprint density at radius 1 is 1.04 bits per heavy atom. The summed E-state index contributed by atoms with van der Waals surface area (Å²) in [5, 5.41) is 2.70. The molecule has 0 aromatic heterocycles. The number of nitrogens with one attached hydrogen (secondary N) is 1. The number of carbonyl (C=O) groups is 2. The van der Waals surface area contributed by atoms with Crippen LogP contribution in [0.2, 0.25) is 0 Å². The van der Waals surface area contributed by atoms with E-state index < -0.39 is 5.97 Å². The first-order valence-electron chi connectivity index (χ1n) is 7.75. The number of hydrogen-bond donors (Lipinski definition) is 1. The van der Waals surface area contributed by atoms with Crippen LogP contribution in [0.4, 0.5) is 5.69 Å².